The summed E-state index contributed by atoms with van der Waals surface area (Å²) in [6, 6.07) is 4.92. The standard InChI is InChI=1S/C16H27N3O2.C6H4F2/c1-11(2)16(20)18-4-3-12-6-19(8-13(12)7-18)15-5-14(17)9-21-10-15;7-5-1-2-6(8)4-3-5/h11,14-15H,3-10,17H2,1-2H3;1-4H. The number of halogens is 2. The van der Waals surface area contributed by atoms with Crippen LogP contribution in [0.15, 0.2) is 35.4 Å². The predicted octanol–water partition coefficient (Wildman–Crippen LogP) is 2.57. The number of hydrogen-bond donors (Lipinski definition) is 1. The molecule has 160 valence electrons. The number of nitrogens with two attached hydrogens (primary N) is 1. The normalized spacial score (nSPS) is 25.0. The van der Waals surface area contributed by atoms with Gasteiger partial charge in [0.2, 0.25) is 5.91 Å². The summed E-state index contributed by atoms with van der Waals surface area (Å²) in [6.45, 7) is 9.17. The van der Waals surface area contributed by atoms with Gasteiger partial charge in [0.25, 0.3) is 0 Å². The Morgan fingerprint density at radius 2 is 1.69 bits per heavy atom. The van der Waals surface area contributed by atoms with Crippen LogP contribution in [0.25, 0.3) is 0 Å². The van der Waals surface area contributed by atoms with E-state index >= 15 is 0 Å². The number of benzene rings is 1. The third-order valence-electron chi connectivity index (χ3n) is 5.70. The summed E-state index contributed by atoms with van der Waals surface area (Å²) >= 11 is 0. The second-order valence-corrected chi connectivity index (χ2v) is 8.40. The van der Waals surface area contributed by atoms with Crippen LogP contribution in [0.4, 0.5) is 8.78 Å². The lowest BCUT2D eigenvalue weighted by Crippen LogP contribution is -2.47. The molecule has 1 amide bonds. The molecular weight excluding hydrogens is 376 g/mol. The van der Waals surface area contributed by atoms with Gasteiger partial charge < -0.3 is 15.4 Å². The van der Waals surface area contributed by atoms with Crippen molar-refractivity contribution in [1.82, 2.24) is 9.80 Å². The maximum absolute atomic E-state index is 12.2. The summed E-state index contributed by atoms with van der Waals surface area (Å²) in [5.74, 6) is -0.449. The molecule has 1 fully saturated rings. The van der Waals surface area contributed by atoms with Crippen molar-refractivity contribution in [1.29, 1.82) is 0 Å². The Balaban J connectivity index is 0.000000252. The monoisotopic (exact) mass is 407 g/mol. The molecule has 29 heavy (non-hydrogen) atoms. The molecular formula is C22H31F2N3O2. The van der Waals surface area contributed by atoms with E-state index in [4.69, 9.17) is 10.5 Å². The van der Waals surface area contributed by atoms with E-state index < -0.39 is 11.6 Å². The smallest absolute Gasteiger partial charge is 0.225 e. The summed E-state index contributed by atoms with van der Waals surface area (Å²) in [6.07, 6.45) is 2.05. The average molecular weight is 408 g/mol. The highest BCUT2D eigenvalue weighted by molar-refractivity contribution is 5.78. The summed E-state index contributed by atoms with van der Waals surface area (Å²) in [4.78, 5) is 16.7. The van der Waals surface area contributed by atoms with Crippen molar-refractivity contribution < 1.29 is 18.3 Å². The molecule has 3 aliphatic rings. The molecule has 0 radical (unpaired) electrons. The largest absolute Gasteiger partial charge is 0.378 e. The fourth-order valence-corrected chi connectivity index (χ4v) is 4.10. The van der Waals surface area contributed by atoms with E-state index in [-0.39, 0.29) is 17.9 Å². The van der Waals surface area contributed by atoms with Crippen molar-refractivity contribution in [2.24, 2.45) is 11.7 Å². The fourth-order valence-electron chi connectivity index (χ4n) is 4.10. The Kier molecular flexibility index (Phi) is 7.38. The molecule has 0 saturated carbocycles. The van der Waals surface area contributed by atoms with E-state index in [2.05, 4.69) is 4.90 Å². The lowest BCUT2D eigenvalue weighted by atomic mass is 10.0. The van der Waals surface area contributed by atoms with Crippen molar-refractivity contribution >= 4 is 5.91 Å². The van der Waals surface area contributed by atoms with Gasteiger partial charge in [-0.15, -0.1) is 0 Å². The third kappa shape index (κ3) is 5.84. The molecule has 0 aromatic heterocycles. The van der Waals surface area contributed by atoms with Crippen molar-refractivity contribution in [3.63, 3.8) is 0 Å². The molecule has 7 heteroatoms. The average Bonchev–Trinajstić information content (AvgIpc) is 3.13. The molecule has 3 aliphatic heterocycles. The summed E-state index contributed by atoms with van der Waals surface area (Å²) < 4.78 is 29.4. The zero-order valence-electron chi connectivity index (χ0n) is 17.2. The number of ether oxygens (including phenoxy) is 1. The van der Waals surface area contributed by atoms with E-state index in [1.807, 2.05) is 18.7 Å². The van der Waals surface area contributed by atoms with Gasteiger partial charge in [-0.25, -0.2) is 8.78 Å². The molecule has 1 aromatic rings. The minimum Gasteiger partial charge on any atom is -0.378 e. The Morgan fingerprint density at radius 3 is 2.28 bits per heavy atom. The van der Waals surface area contributed by atoms with E-state index in [0.29, 0.717) is 12.6 Å². The van der Waals surface area contributed by atoms with E-state index in [9.17, 15) is 13.6 Å². The van der Waals surface area contributed by atoms with E-state index in [1.54, 1.807) is 5.57 Å². The summed E-state index contributed by atoms with van der Waals surface area (Å²) in [7, 11) is 0. The fraction of sp³-hybridized carbons (Fsp3) is 0.591. The molecule has 3 heterocycles. The molecule has 2 N–H and O–H groups in total. The van der Waals surface area contributed by atoms with Crippen LogP contribution in [0.3, 0.4) is 0 Å². The molecule has 2 atom stereocenters. The predicted molar refractivity (Wildman–Crippen MR) is 108 cm³/mol. The van der Waals surface area contributed by atoms with Gasteiger partial charge in [0, 0.05) is 44.2 Å². The number of carbonyl (C=O) groups is 1. The molecule has 2 unspecified atom stereocenters. The van der Waals surface area contributed by atoms with Crippen molar-refractivity contribution in [2.45, 2.75) is 38.8 Å². The third-order valence-corrected chi connectivity index (χ3v) is 5.70. The first-order chi connectivity index (χ1) is 13.8. The highest BCUT2D eigenvalue weighted by Crippen LogP contribution is 2.29. The first-order valence-corrected chi connectivity index (χ1v) is 10.3. The van der Waals surface area contributed by atoms with Gasteiger partial charge in [-0.05, 0) is 42.7 Å². The minimum absolute atomic E-state index is 0.0920. The minimum atomic E-state index is -0.411. The molecule has 5 nitrogen and oxygen atoms in total. The van der Waals surface area contributed by atoms with Crippen LogP contribution in [0.5, 0.6) is 0 Å². The first-order valence-electron chi connectivity index (χ1n) is 10.3. The summed E-state index contributed by atoms with van der Waals surface area (Å²) in [5, 5.41) is 0. The molecule has 1 saturated heterocycles. The second-order valence-electron chi connectivity index (χ2n) is 8.40. The molecule has 4 rings (SSSR count). The van der Waals surface area contributed by atoms with Gasteiger partial charge in [-0.2, -0.15) is 0 Å². The second kappa shape index (κ2) is 9.78. The Morgan fingerprint density at radius 1 is 1.07 bits per heavy atom. The van der Waals surface area contributed by atoms with Crippen LogP contribution in [0, 0.1) is 17.6 Å². The van der Waals surface area contributed by atoms with Gasteiger partial charge in [-0.1, -0.05) is 19.4 Å². The van der Waals surface area contributed by atoms with Crippen LogP contribution in [0.2, 0.25) is 0 Å². The number of amides is 1. The van der Waals surface area contributed by atoms with Gasteiger partial charge in [-0.3, -0.25) is 9.69 Å². The van der Waals surface area contributed by atoms with Crippen LogP contribution < -0.4 is 5.73 Å². The number of hydrogen-bond acceptors (Lipinski definition) is 4. The highest BCUT2D eigenvalue weighted by Gasteiger charge is 2.34. The molecule has 0 bridgehead atoms. The van der Waals surface area contributed by atoms with E-state index in [1.165, 1.54) is 5.57 Å². The van der Waals surface area contributed by atoms with Crippen molar-refractivity contribution in [3.8, 4) is 0 Å². The zero-order valence-corrected chi connectivity index (χ0v) is 17.2. The summed E-state index contributed by atoms with van der Waals surface area (Å²) in [5.41, 5.74) is 9.01. The first kappa shape index (κ1) is 21.9. The molecule has 1 aromatic carbocycles. The number of carbonyl (C=O) groups excluding carboxylic acids is 1. The Labute approximate surface area is 171 Å². The lowest BCUT2D eigenvalue weighted by Gasteiger charge is -2.34. The van der Waals surface area contributed by atoms with Gasteiger partial charge in [0.05, 0.1) is 13.2 Å². The number of rotatable bonds is 2. The zero-order chi connectivity index (χ0) is 21.0. The van der Waals surface area contributed by atoms with Crippen LogP contribution in [0.1, 0.15) is 26.7 Å². The van der Waals surface area contributed by atoms with Gasteiger partial charge in [0.15, 0.2) is 0 Å². The highest BCUT2D eigenvalue weighted by atomic mass is 19.1. The maximum Gasteiger partial charge on any atom is 0.225 e. The quantitative estimate of drug-likeness (QED) is 0.766. The van der Waals surface area contributed by atoms with Crippen molar-refractivity contribution in [2.75, 3.05) is 39.4 Å². The van der Waals surface area contributed by atoms with Crippen LogP contribution in [-0.2, 0) is 9.53 Å². The van der Waals surface area contributed by atoms with Gasteiger partial charge >= 0.3 is 0 Å². The topological polar surface area (TPSA) is 58.8 Å². The SMILES string of the molecule is CC(C)C(=O)N1CCC2=C(C1)CN(C1COCC(N)C1)C2.Fc1ccc(F)cc1. The van der Waals surface area contributed by atoms with Crippen molar-refractivity contribution in [3.05, 3.63) is 47.0 Å². The van der Waals surface area contributed by atoms with Crippen LogP contribution >= 0.6 is 0 Å². The molecule has 0 aliphatic carbocycles. The van der Waals surface area contributed by atoms with Crippen LogP contribution in [-0.4, -0.2) is 67.2 Å². The van der Waals surface area contributed by atoms with Gasteiger partial charge in [0.1, 0.15) is 11.6 Å². The number of nitrogens with zero attached hydrogens (tertiary/aromatic N) is 2. The van der Waals surface area contributed by atoms with E-state index in [0.717, 1.165) is 69.9 Å². The Bertz CT molecular complexity index is 715. The Hall–Kier alpha value is -1.83. The molecule has 0 spiro atoms. The lowest BCUT2D eigenvalue weighted by molar-refractivity contribution is -0.134. The maximum atomic E-state index is 12.2.